The molecule has 3 aromatic carbocycles. The summed E-state index contributed by atoms with van der Waals surface area (Å²) in [5, 5.41) is 16.1. The number of phenolic OH excluding ortho intramolecular Hbond substituents is 1. The fourth-order valence-corrected chi connectivity index (χ4v) is 4.73. The fraction of sp³-hybridized carbons (Fsp3) is 0.303. The Bertz CT molecular complexity index is 1420. The van der Waals surface area contributed by atoms with Crippen molar-refractivity contribution in [1.29, 1.82) is 0 Å². The zero-order chi connectivity index (χ0) is 31.0. The molecule has 3 N–H and O–H groups in total. The number of para-hydroxylation sites is 1. The quantitative estimate of drug-likeness (QED) is 0.233. The molecule has 0 fully saturated rings. The fourth-order valence-electron chi connectivity index (χ4n) is 4.46. The van der Waals surface area contributed by atoms with E-state index in [0.717, 1.165) is 11.1 Å². The van der Waals surface area contributed by atoms with Crippen LogP contribution in [-0.2, 0) is 20.7 Å². The lowest BCUT2D eigenvalue weighted by molar-refractivity contribution is -0.140. The molecular formula is C33H38ClN3O5. The molecule has 0 saturated heterocycles. The van der Waals surface area contributed by atoms with Gasteiger partial charge in [0, 0.05) is 13.0 Å². The Kier molecular flexibility index (Phi) is 10.8. The molecule has 0 heterocycles. The second-order valence-corrected chi connectivity index (χ2v) is 11.4. The van der Waals surface area contributed by atoms with Crippen LogP contribution in [0.1, 0.15) is 49.1 Å². The number of nitrogens with zero attached hydrogens (tertiary/aromatic N) is 1. The highest BCUT2D eigenvalue weighted by Gasteiger charge is 2.36. The molecule has 0 saturated carbocycles. The second kappa shape index (κ2) is 14.0. The van der Waals surface area contributed by atoms with Crippen LogP contribution in [0.3, 0.4) is 0 Å². The van der Waals surface area contributed by atoms with Gasteiger partial charge >= 0.3 is 6.09 Å². The number of ether oxygens (including phenoxy) is 1. The maximum Gasteiger partial charge on any atom is 0.408 e. The number of halogens is 1. The van der Waals surface area contributed by atoms with Crippen LogP contribution in [0, 0.1) is 13.8 Å². The number of anilines is 1. The summed E-state index contributed by atoms with van der Waals surface area (Å²) in [6.45, 7) is 12.5. The number of aryl methyl sites for hydroxylation is 2. The van der Waals surface area contributed by atoms with Crippen molar-refractivity contribution >= 4 is 35.2 Å². The molecule has 0 aliphatic rings. The van der Waals surface area contributed by atoms with Crippen LogP contribution in [0.2, 0.25) is 5.02 Å². The van der Waals surface area contributed by atoms with E-state index in [9.17, 15) is 19.5 Å². The third-order valence-electron chi connectivity index (χ3n) is 6.45. The number of benzene rings is 3. The first-order chi connectivity index (χ1) is 19.8. The van der Waals surface area contributed by atoms with E-state index in [1.54, 1.807) is 52.0 Å². The van der Waals surface area contributed by atoms with Gasteiger partial charge in [-0.2, -0.15) is 0 Å². The average molecular weight is 592 g/mol. The summed E-state index contributed by atoms with van der Waals surface area (Å²) in [4.78, 5) is 42.6. The molecule has 42 heavy (non-hydrogen) atoms. The number of carbonyl (C=O) groups excluding carboxylic acids is 3. The molecule has 0 aromatic heterocycles. The van der Waals surface area contributed by atoms with E-state index in [0.29, 0.717) is 21.8 Å². The largest absolute Gasteiger partial charge is 0.508 e. The molecule has 3 rings (SSSR count). The van der Waals surface area contributed by atoms with E-state index < -0.39 is 35.6 Å². The monoisotopic (exact) mass is 591 g/mol. The van der Waals surface area contributed by atoms with Gasteiger partial charge in [-0.3, -0.25) is 9.59 Å². The van der Waals surface area contributed by atoms with Gasteiger partial charge in [-0.25, -0.2) is 4.79 Å². The number of carbonyl (C=O) groups is 3. The van der Waals surface area contributed by atoms with Crippen molar-refractivity contribution < 1.29 is 24.2 Å². The van der Waals surface area contributed by atoms with Gasteiger partial charge in [0.05, 0.1) is 10.7 Å². The Morgan fingerprint density at radius 1 is 1.02 bits per heavy atom. The van der Waals surface area contributed by atoms with Crippen LogP contribution in [0.15, 0.2) is 79.4 Å². The summed E-state index contributed by atoms with van der Waals surface area (Å²) in [5.41, 5.74) is 2.16. The van der Waals surface area contributed by atoms with Crippen molar-refractivity contribution in [2.24, 2.45) is 0 Å². The Labute approximate surface area is 252 Å². The number of phenols is 1. The Hall–Kier alpha value is -4.30. The average Bonchev–Trinajstić information content (AvgIpc) is 2.91. The SMILES string of the molecule is C=CCN(C(=O)C(Cc1ccccc1)NC(=O)OC(C)(C)C)C(C(=O)Nc1c(C)cccc1Cl)c1ccc(O)c(C)c1. The summed E-state index contributed by atoms with van der Waals surface area (Å²) in [7, 11) is 0. The lowest BCUT2D eigenvalue weighted by Crippen LogP contribution is -2.53. The summed E-state index contributed by atoms with van der Waals surface area (Å²) >= 11 is 6.42. The normalized spacial score (nSPS) is 12.5. The number of hydrogen-bond acceptors (Lipinski definition) is 5. The first kappa shape index (κ1) is 32.2. The molecule has 2 unspecified atom stereocenters. The van der Waals surface area contributed by atoms with Gasteiger partial charge in [0.2, 0.25) is 5.91 Å². The van der Waals surface area contributed by atoms with E-state index in [1.165, 1.54) is 17.0 Å². The van der Waals surface area contributed by atoms with Crippen molar-refractivity contribution in [3.05, 3.63) is 107 Å². The third-order valence-corrected chi connectivity index (χ3v) is 6.76. The molecule has 0 radical (unpaired) electrons. The van der Waals surface area contributed by atoms with Gasteiger partial charge in [0.15, 0.2) is 0 Å². The predicted molar refractivity (Wildman–Crippen MR) is 166 cm³/mol. The second-order valence-electron chi connectivity index (χ2n) is 11.0. The van der Waals surface area contributed by atoms with Crippen molar-refractivity contribution in [3.8, 4) is 5.75 Å². The standard InChI is InChI=1S/C33H38ClN3O5/c1-7-18-37(31(40)26(20-23-13-9-8-10-14-23)35-32(41)42-33(4,5)6)29(24-16-17-27(38)22(3)19-24)30(39)36-28-21(2)12-11-15-25(28)34/h7-17,19,26,29,38H,1,18,20H2,2-6H3,(H,35,41)(H,36,39). The number of amides is 3. The summed E-state index contributed by atoms with van der Waals surface area (Å²) in [5.74, 6) is -0.997. The molecule has 0 bridgehead atoms. The lowest BCUT2D eigenvalue weighted by atomic mass is 9.98. The van der Waals surface area contributed by atoms with E-state index in [2.05, 4.69) is 17.2 Å². The topological polar surface area (TPSA) is 108 Å². The number of aromatic hydroxyl groups is 1. The van der Waals surface area contributed by atoms with Crippen LogP contribution in [0.25, 0.3) is 0 Å². The van der Waals surface area contributed by atoms with Crippen molar-refractivity contribution in [1.82, 2.24) is 10.2 Å². The van der Waals surface area contributed by atoms with Crippen molar-refractivity contribution in [3.63, 3.8) is 0 Å². The van der Waals surface area contributed by atoms with Crippen LogP contribution in [-0.4, -0.2) is 46.1 Å². The number of rotatable bonds is 10. The number of alkyl carbamates (subject to hydrolysis) is 1. The smallest absolute Gasteiger partial charge is 0.408 e. The molecule has 222 valence electrons. The van der Waals surface area contributed by atoms with Gasteiger partial charge in [-0.15, -0.1) is 6.58 Å². The van der Waals surface area contributed by atoms with Gasteiger partial charge in [-0.05, 0) is 75.1 Å². The predicted octanol–water partition coefficient (Wildman–Crippen LogP) is 6.49. The molecule has 9 heteroatoms. The van der Waals surface area contributed by atoms with Crippen LogP contribution < -0.4 is 10.6 Å². The van der Waals surface area contributed by atoms with Crippen LogP contribution >= 0.6 is 11.6 Å². The lowest BCUT2D eigenvalue weighted by Gasteiger charge is -2.34. The van der Waals surface area contributed by atoms with Gasteiger partial charge in [0.25, 0.3) is 5.91 Å². The minimum Gasteiger partial charge on any atom is -0.508 e. The zero-order valence-electron chi connectivity index (χ0n) is 24.6. The number of hydrogen-bond donors (Lipinski definition) is 3. The molecule has 8 nitrogen and oxygen atoms in total. The third kappa shape index (κ3) is 8.60. The van der Waals surface area contributed by atoms with E-state index in [-0.39, 0.29) is 18.7 Å². The zero-order valence-corrected chi connectivity index (χ0v) is 25.4. The van der Waals surface area contributed by atoms with Gasteiger partial charge in [-0.1, -0.05) is 66.2 Å². The van der Waals surface area contributed by atoms with Crippen LogP contribution in [0.5, 0.6) is 5.75 Å². The molecule has 0 aliphatic heterocycles. The molecule has 0 aliphatic carbocycles. The minimum absolute atomic E-state index is 0.0142. The molecule has 3 aromatic rings. The van der Waals surface area contributed by atoms with E-state index in [1.807, 2.05) is 43.3 Å². The minimum atomic E-state index is -1.16. The Balaban J connectivity index is 2.09. The van der Waals surface area contributed by atoms with Crippen LogP contribution in [0.4, 0.5) is 10.5 Å². The molecule has 3 amide bonds. The summed E-state index contributed by atoms with van der Waals surface area (Å²) in [6, 6.07) is 17.0. The van der Waals surface area contributed by atoms with Crippen molar-refractivity contribution in [2.45, 2.75) is 58.7 Å². The van der Waals surface area contributed by atoms with E-state index in [4.69, 9.17) is 16.3 Å². The van der Waals surface area contributed by atoms with Gasteiger partial charge in [0.1, 0.15) is 23.4 Å². The van der Waals surface area contributed by atoms with Gasteiger partial charge < -0.3 is 25.4 Å². The first-order valence-corrected chi connectivity index (χ1v) is 14.0. The van der Waals surface area contributed by atoms with E-state index >= 15 is 0 Å². The maximum atomic E-state index is 14.3. The van der Waals surface area contributed by atoms with Crippen molar-refractivity contribution in [2.75, 3.05) is 11.9 Å². The highest BCUT2D eigenvalue weighted by Crippen LogP contribution is 2.31. The molecular weight excluding hydrogens is 554 g/mol. The maximum absolute atomic E-state index is 14.3. The number of nitrogens with one attached hydrogen (secondary N) is 2. The highest BCUT2D eigenvalue weighted by molar-refractivity contribution is 6.34. The highest BCUT2D eigenvalue weighted by atomic mass is 35.5. The Morgan fingerprint density at radius 2 is 1.71 bits per heavy atom. The Morgan fingerprint density at radius 3 is 2.31 bits per heavy atom. The first-order valence-electron chi connectivity index (χ1n) is 13.6. The molecule has 2 atom stereocenters. The summed E-state index contributed by atoms with van der Waals surface area (Å²) in [6.07, 6.45) is 0.904. The molecule has 0 spiro atoms. The summed E-state index contributed by atoms with van der Waals surface area (Å²) < 4.78 is 5.46.